The van der Waals surface area contributed by atoms with Crippen LogP contribution >= 0.6 is 0 Å². The number of carbonyl (C=O) groups is 2. The van der Waals surface area contributed by atoms with Crippen molar-refractivity contribution in [3.05, 3.63) is 77.1 Å². The third-order valence-corrected chi connectivity index (χ3v) is 4.29. The van der Waals surface area contributed by atoms with Gasteiger partial charge in [0.15, 0.2) is 5.43 Å². The molecule has 1 N–H and O–H groups in total. The molecule has 4 rings (SSSR count). The van der Waals surface area contributed by atoms with Crippen molar-refractivity contribution in [2.75, 3.05) is 11.9 Å². The third-order valence-electron chi connectivity index (χ3n) is 4.29. The van der Waals surface area contributed by atoms with Gasteiger partial charge < -0.3 is 13.9 Å². The second-order valence-electron chi connectivity index (χ2n) is 6.40. The quantitative estimate of drug-likeness (QED) is 0.372. The summed E-state index contributed by atoms with van der Waals surface area (Å²) in [6.07, 6.45) is 4.80. The van der Waals surface area contributed by atoms with E-state index in [-0.39, 0.29) is 45.9 Å². The average molecular weight is 432 g/mol. The number of hydrogen-bond donors (Lipinski definition) is 1. The molecule has 160 valence electrons. The molecule has 0 radical (unpaired) electrons. The highest BCUT2D eigenvalue weighted by Crippen LogP contribution is 2.32. The maximum Gasteiger partial charge on any atom is 0.411 e. The number of carbonyl (C=O) groups excluding carboxylic acids is 2. The van der Waals surface area contributed by atoms with Gasteiger partial charge in [-0.2, -0.15) is 0 Å². The highest BCUT2D eigenvalue weighted by atomic mass is 16.5. The molecule has 0 saturated heterocycles. The summed E-state index contributed by atoms with van der Waals surface area (Å²) in [6, 6.07) is 8.90. The molecule has 0 unspecified atom stereocenters. The van der Waals surface area contributed by atoms with Crippen LogP contribution in [-0.4, -0.2) is 33.6 Å². The Balaban J connectivity index is 1.74. The summed E-state index contributed by atoms with van der Waals surface area (Å²) in [5.41, 5.74) is 0.567. The van der Waals surface area contributed by atoms with Crippen LogP contribution < -0.4 is 15.5 Å². The molecule has 32 heavy (non-hydrogen) atoms. The number of ether oxygens (including phenoxy) is 2. The standard InChI is InChI=1S/C22H16N4O6/c1-2-30-22(29)26-17-8-14(31-21(28)13-4-3-7-23-10-13)5-6-15(17)19-9-18(27)16-11-24-12-25-20(16)32-19/h3-12H,2H2,1H3,(H,26,29). The van der Waals surface area contributed by atoms with Crippen LogP contribution in [0, 0.1) is 0 Å². The molecule has 10 heteroatoms. The number of benzene rings is 1. The second kappa shape index (κ2) is 9.04. The van der Waals surface area contributed by atoms with E-state index in [2.05, 4.69) is 20.3 Å². The number of nitrogens with zero attached hydrogens (tertiary/aromatic N) is 3. The Bertz CT molecular complexity index is 1350. The summed E-state index contributed by atoms with van der Waals surface area (Å²) in [4.78, 5) is 48.5. The van der Waals surface area contributed by atoms with E-state index in [4.69, 9.17) is 13.9 Å². The Morgan fingerprint density at radius 2 is 2.00 bits per heavy atom. The molecular formula is C22H16N4O6. The molecule has 0 atom stereocenters. The minimum absolute atomic E-state index is 0.0941. The smallest absolute Gasteiger partial charge is 0.411 e. The van der Waals surface area contributed by atoms with Crippen molar-refractivity contribution < 1.29 is 23.5 Å². The Labute approximate surface area is 180 Å². The van der Waals surface area contributed by atoms with Crippen LogP contribution in [0.15, 0.2) is 70.5 Å². The van der Waals surface area contributed by atoms with Gasteiger partial charge in [0.25, 0.3) is 0 Å². The van der Waals surface area contributed by atoms with Gasteiger partial charge in [0, 0.05) is 36.3 Å². The highest BCUT2D eigenvalue weighted by Gasteiger charge is 2.17. The van der Waals surface area contributed by atoms with E-state index < -0.39 is 12.1 Å². The molecule has 0 aliphatic carbocycles. The minimum atomic E-state index is -0.727. The summed E-state index contributed by atoms with van der Waals surface area (Å²) < 4.78 is 16.1. The van der Waals surface area contributed by atoms with Crippen LogP contribution in [0.4, 0.5) is 10.5 Å². The Morgan fingerprint density at radius 3 is 2.78 bits per heavy atom. The maximum atomic E-state index is 12.5. The summed E-state index contributed by atoms with van der Waals surface area (Å²) in [7, 11) is 0. The van der Waals surface area contributed by atoms with Crippen LogP contribution in [-0.2, 0) is 4.74 Å². The second-order valence-corrected chi connectivity index (χ2v) is 6.40. The van der Waals surface area contributed by atoms with Gasteiger partial charge in [-0.05, 0) is 31.2 Å². The molecule has 0 bridgehead atoms. The molecule has 10 nitrogen and oxygen atoms in total. The van der Waals surface area contributed by atoms with Crippen molar-refractivity contribution in [3.63, 3.8) is 0 Å². The van der Waals surface area contributed by atoms with E-state index in [1.54, 1.807) is 25.1 Å². The first kappa shape index (κ1) is 20.7. The third kappa shape index (κ3) is 4.43. The van der Waals surface area contributed by atoms with Crippen molar-refractivity contribution in [3.8, 4) is 17.1 Å². The predicted molar refractivity (Wildman–Crippen MR) is 113 cm³/mol. The predicted octanol–water partition coefficient (Wildman–Crippen LogP) is 3.43. The molecule has 0 aliphatic rings. The molecule has 3 aromatic heterocycles. The van der Waals surface area contributed by atoms with Crippen molar-refractivity contribution in [2.45, 2.75) is 6.92 Å². The minimum Gasteiger partial charge on any atom is -0.450 e. The lowest BCUT2D eigenvalue weighted by atomic mass is 10.1. The molecule has 0 spiro atoms. The van der Waals surface area contributed by atoms with Crippen molar-refractivity contribution in [1.82, 2.24) is 15.0 Å². The zero-order valence-corrected chi connectivity index (χ0v) is 16.8. The Morgan fingerprint density at radius 1 is 1.12 bits per heavy atom. The largest absolute Gasteiger partial charge is 0.450 e. The summed E-state index contributed by atoms with van der Waals surface area (Å²) in [5.74, 6) is -0.320. The van der Waals surface area contributed by atoms with Gasteiger partial charge in [0.05, 0.1) is 17.9 Å². The van der Waals surface area contributed by atoms with Gasteiger partial charge in [-0.3, -0.25) is 15.1 Å². The molecule has 1 aromatic carbocycles. The number of nitrogens with one attached hydrogen (secondary N) is 1. The summed E-state index contributed by atoms with van der Waals surface area (Å²) in [5, 5.41) is 2.79. The molecule has 0 fully saturated rings. The number of aromatic nitrogens is 3. The highest BCUT2D eigenvalue weighted by molar-refractivity contribution is 5.93. The SMILES string of the molecule is CCOC(=O)Nc1cc(OC(=O)c2cccnc2)ccc1-c1cc(=O)c2cncnc2o1. The van der Waals surface area contributed by atoms with E-state index in [1.165, 1.54) is 43.1 Å². The fourth-order valence-corrected chi connectivity index (χ4v) is 2.86. The van der Waals surface area contributed by atoms with E-state index in [0.29, 0.717) is 5.56 Å². The van der Waals surface area contributed by atoms with Crippen LogP contribution in [0.5, 0.6) is 5.75 Å². The first-order chi connectivity index (χ1) is 15.5. The van der Waals surface area contributed by atoms with Gasteiger partial charge in [0.1, 0.15) is 23.2 Å². The van der Waals surface area contributed by atoms with Gasteiger partial charge in [-0.15, -0.1) is 0 Å². The fourth-order valence-electron chi connectivity index (χ4n) is 2.86. The molecular weight excluding hydrogens is 416 g/mol. The number of pyridine rings is 1. The van der Waals surface area contributed by atoms with Gasteiger partial charge in [-0.1, -0.05) is 0 Å². The lowest BCUT2D eigenvalue weighted by Crippen LogP contribution is -2.15. The monoisotopic (exact) mass is 432 g/mol. The van der Waals surface area contributed by atoms with Crippen LogP contribution in [0.3, 0.4) is 0 Å². The van der Waals surface area contributed by atoms with Gasteiger partial charge in [0.2, 0.25) is 5.71 Å². The van der Waals surface area contributed by atoms with Gasteiger partial charge in [-0.25, -0.2) is 19.6 Å². The number of amides is 1. The first-order valence-corrected chi connectivity index (χ1v) is 9.49. The van der Waals surface area contributed by atoms with E-state index in [0.717, 1.165) is 0 Å². The zero-order chi connectivity index (χ0) is 22.5. The van der Waals surface area contributed by atoms with Crippen molar-refractivity contribution in [2.24, 2.45) is 0 Å². The fraction of sp³-hybridized carbons (Fsp3) is 0.0909. The molecule has 3 heterocycles. The van der Waals surface area contributed by atoms with Crippen molar-refractivity contribution in [1.29, 1.82) is 0 Å². The summed E-state index contributed by atoms with van der Waals surface area (Å²) in [6.45, 7) is 1.81. The molecule has 0 aliphatic heterocycles. The number of fused-ring (bicyclic) bond motifs is 1. The van der Waals surface area contributed by atoms with Gasteiger partial charge >= 0.3 is 12.1 Å². The number of rotatable bonds is 5. The normalized spacial score (nSPS) is 10.5. The number of esters is 1. The first-order valence-electron chi connectivity index (χ1n) is 9.49. The van der Waals surface area contributed by atoms with E-state index >= 15 is 0 Å². The Hall–Kier alpha value is -4.60. The molecule has 0 saturated carbocycles. The molecule has 4 aromatic rings. The topological polar surface area (TPSA) is 134 Å². The Kier molecular flexibility index (Phi) is 5.84. The number of anilines is 1. The van der Waals surface area contributed by atoms with Crippen LogP contribution in [0.2, 0.25) is 0 Å². The molecule has 1 amide bonds. The summed E-state index contributed by atoms with van der Waals surface area (Å²) >= 11 is 0. The van der Waals surface area contributed by atoms with E-state index in [1.807, 2.05) is 0 Å². The maximum absolute atomic E-state index is 12.5. The lowest BCUT2D eigenvalue weighted by molar-refractivity contribution is 0.0734. The van der Waals surface area contributed by atoms with E-state index in [9.17, 15) is 14.4 Å². The van der Waals surface area contributed by atoms with Crippen LogP contribution in [0.25, 0.3) is 22.4 Å². The van der Waals surface area contributed by atoms with Crippen molar-refractivity contribution >= 4 is 28.8 Å². The average Bonchev–Trinajstić information content (AvgIpc) is 2.80. The zero-order valence-electron chi connectivity index (χ0n) is 16.8. The van der Waals surface area contributed by atoms with Crippen LogP contribution in [0.1, 0.15) is 17.3 Å². The lowest BCUT2D eigenvalue weighted by Gasteiger charge is -2.13. The number of hydrogen-bond acceptors (Lipinski definition) is 9.